The molecular formula is C24H34O2. The van der Waals surface area contributed by atoms with Gasteiger partial charge in [0.1, 0.15) is 0 Å². The summed E-state index contributed by atoms with van der Waals surface area (Å²) in [5, 5.41) is 0. The van der Waals surface area contributed by atoms with Gasteiger partial charge in [0.05, 0.1) is 6.26 Å². The van der Waals surface area contributed by atoms with Crippen molar-refractivity contribution < 1.29 is 4.42 Å². The monoisotopic (exact) mass is 354 g/mol. The lowest BCUT2D eigenvalue weighted by Gasteiger charge is -2.60. The number of hydrogen-bond donors (Lipinski definition) is 0. The molecule has 0 amide bonds. The minimum absolute atomic E-state index is 0.222. The maximum atomic E-state index is 11.4. The first kappa shape index (κ1) is 17.1. The molecule has 0 N–H and O–H groups in total. The SMILES string of the molecule is C[C@]12CCCC[C@H]1CC[C@@H]1[C@@H]2CC[C@]2(C)[C@@H](c3ccc(=O)oc3)CC[C@@H]12. The molecule has 0 bridgehead atoms. The van der Waals surface area contributed by atoms with Gasteiger partial charge in [-0.05, 0) is 103 Å². The molecule has 4 aliphatic rings. The van der Waals surface area contributed by atoms with Gasteiger partial charge in [-0.3, -0.25) is 0 Å². The van der Waals surface area contributed by atoms with Gasteiger partial charge in [0.2, 0.25) is 0 Å². The molecule has 1 aromatic rings. The molecule has 0 unspecified atom stereocenters. The van der Waals surface area contributed by atoms with Gasteiger partial charge in [-0.15, -0.1) is 0 Å². The highest BCUT2D eigenvalue weighted by atomic mass is 16.4. The molecule has 2 heteroatoms. The highest BCUT2D eigenvalue weighted by molar-refractivity contribution is 5.22. The van der Waals surface area contributed by atoms with Crippen LogP contribution in [0.15, 0.2) is 27.6 Å². The molecule has 7 atom stereocenters. The average molecular weight is 355 g/mol. The lowest BCUT2D eigenvalue weighted by molar-refractivity contribution is -0.106. The van der Waals surface area contributed by atoms with Crippen LogP contribution in [-0.2, 0) is 0 Å². The zero-order chi connectivity index (χ0) is 17.9. The van der Waals surface area contributed by atoms with Crippen LogP contribution in [0.3, 0.4) is 0 Å². The second-order valence-electron chi connectivity index (χ2n) is 10.5. The molecule has 1 aromatic heterocycles. The Morgan fingerprint density at radius 2 is 1.73 bits per heavy atom. The molecule has 4 fully saturated rings. The molecule has 5 rings (SSSR count). The molecule has 0 radical (unpaired) electrons. The van der Waals surface area contributed by atoms with Crippen LogP contribution >= 0.6 is 0 Å². The van der Waals surface area contributed by atoms with E-state index in [1.807, 2.05) is 6.07 Å². The van der Waals surface area contributed by atoms with Crippen LogP contribution in [0.1, 0.15) is 89.5 Å². The Balaban J connectivity index is 1.45. The summed E-state index contributed by atoms with van der Waals surface area (Å²) >= 11 is 0. The Hall–Kier alpha value is -1.05. The van der Waals surface area contributed by atoms with Gasteiger partial charge in [-0.1, -0.05) is 26.7 Å². The third-order valence-electron chi connectivity index (χ3n) is 9.71. The Bertz CT molecular complexity index is 715. The summed E-state index contributed by atoms with van der Waals surface area (Å²) in [6, 6.07) is 3.65. The van der Waals surface area contributed by atoms with E-state index in [2.05, 4.69) is 13.8 Å². The first-order valence-electron chi connectivity index (χ1n) is 11.1. The molecule has 0 aromatic carbocycles. The largest absolute Gasteiger partial charge is 0.431 e. The van der Waals surface area contributed by atoms with Crippen molar-refractivity contribution in [2.45, 2.75) is 84.0 Å². The van der Waals surface area contributed by atoms with Crippen molar-refractivity contribution in [3.05, 3.63) is 34.4 Å². The van der Waals surface area contributed by atoms with Crippen molar-refractivity contribution in [1.82, 2.24) is 0 Å². The van der Waals surface area contributed by atoms with Gasteiger partial charge < -0.3 is 4.42 Å². The van der Waals surface area contributed by atoms with E-state index in [0.29, 0.717) is 16.7 Å². The van der Waals surface area contributed by atoms with Gasteiger partial charge in [-0.25, -0.2) is 4.79 Å². The van der Waals surface area contributed by atoms with E-state index >= 15 is 0 Å². The number of fused-ring (bicyclic) bond motifs is 5. The molecule has 142 valence electrons. The van der Waals surface area contributed by atoms with Crippen LogP contribution < -0.4 is 5.63 Å². The maximum absolute atomic E-state index is 11.4. The summed E-state index contributed by atoms with van der Waals surface area (Å²) in [7, 11) is 0. The quantitative estimate of drug-likeness (QED) is 0.605. The van der Waals surface area contributed by atoms with E-state index in [1.165, 1.54) is 69.8 Å². The Kier molecular flexibility index (Phi) is 3.92. The van der Waals surface area contributed by atoms with E-state index in [1.54, 1.807) is 12.3 Å². The third-order valence-corrected chi connectivity index (χ3v) is 9.71. The molecule has 0 saturated heterocycles. The molecule has 4 aliphatic carbocycles. The van der Waals surface area contributed by atoms with E-state index < -0.39 is 0 Å². The van der Waals surface area contributed by atoms with Crippen molar-refractivity contribution in [1.29, 1.82) is 0 Å². The van der Waals surface area contributed by atoms with Crippen LogP contribution in [0.5, 0.6) is 0 Å². The highest BCUT2D eigenvalue weighted by Gasteiger charge is 2.59. The average Bonchev–Trinajstić information content (AvgIpc) is 2.99. The fourth-order valence-electron chi connectivity index (χ4n) is 8.41. The lowest BCUT2D eigenvalue weighted by Crippen LogP contribution is -2.52. The summed E-state index contributed by atoms with van der Waals surface area (Å²) < 4.78 is 5.23. The van der Waals surface area contributed by atoms with Crippen LogP contribution in [0.4, 0.5) is 0 Å². The number of hydrogen-bond acceptors (Lipinski definition) is 2. The number of rotatable bonds is 1. The molecule has 1 heterocycles. The zero-order valence-electron chi connectivity index (χ0n) is 16.5. The lowest BCUT2D eigenvalue weighted by atomic mass is 9.45. The maximum Gasteiger partial charge on any atom is 0.335 e. The summed E-state index contributed by atoms with van der Waals surface area (Å²) in [5.74, 6) is 4.36. The smallest absolute Gasteiger partial charge is 0.335 e. The molecule has 0 aliphatic heterocycles. The van der Waals surface area contributed by atoms with Crippen LogP contribution in [-0.4, -0.2) is 0 Å². The molecule has 4 saturated carbocycles. The topological polar surface area (TPSA) is 30.2 Å². The first-order chi connectivity index (χ1) is 12.5. The molecule has 26 heavy (non-hydrogen) atoms. The Morgan fingerprint density at radius 1 is 0.885 bits per heavy atom. The van der Waals surface area contributed by atoms with Crippen molar-refractivity contribution in [2.24, 2.45) is 34.5 Å². The van der Waals surface area contributed by atoms with Gasteiger partial charge in [0.25, 0.3) is 0 Å². The zero-order valence-corrected chi connectivity index (χ0v) is 16.5. The second-order valence-corrected chi connectivity index (χ2v) is 10.5. The fraction of sp³-hybridized carbons (Fsp3) is 0.792. The predicted octanol–water partition coefficient (Wildman–Crippen LogP) is 6.16. The molecular weight excluding hydrogens is 320 g/mol. The van der Waals surface area contributed by atoms with Crippen LogP contribution in [0.25, 0.3) is 0 Å². The predicted molar refractivity (Wildman–Crippen MR) is 104 cm³/mol. The van der Waals surface area contributed by atoms with Crippen molar-refractivity contribution in [3.63, 3.8) is 0 Å². The molecule has 0 spiro atoms. The van der Waals surface area contributed by atoms with E-state index in [-0.39, 0.29) is 5.63 Å². The van der Waals surface area contributed by atoms with Gasteiger partial charge >= 0.3 is 5.63 Å². The van der Waals surface area contributed by atoms with Crippen molar-refractivity contribution in [2.75, 3.05) is 0 Å². The van der Waals surface area contributed by atoms with Gasteiger partial charge in [0, 0.05) is 6.07 Å². The van der Waals surface area contributed by atoms with Gasteiger partial charge in [0.15, 0.2) is 0 Å². The Morgan fingerprint density at radius 3 is 2.54 bits per heavy atom. The van der Waals surface area contributed by atoms with Crippen LogP contribution in [0, 0.1) is 34.5 Å². The summed E-state index contributed by atoms with van der Waals surface area (Å²) in [6.45, 7) is 5.22. The van der Waals surface area contributed by atoms with Crippen LogP contribution in [0.2, 0.25) is 0 Å². The fourth-order valence-corrected chi connectivity index (χ4v) is 8.41. The highest BCUT2D eigenvalue weighted by Crippen LogP contribution is 2.68. The van der Waals surface area contributed by atoms with E-state index in [4.69, 9.17) is 4.42 Å². The summed E-state index contributed by atoms with van der Waals surface area (Å²) in [5.41, 5.74) is 2.07. The summed E-state index contributed by atoms with van der Waals surface area (Å²) in [6.07, 6.45) is 16.1. The van der Waals surface area contributed by atoms with E-state index in [0.717, 1.165) is 23.7 Å². The minimum Gasteiger partial charge on any atom is -0.431 e. The standard InChI is InChI=1S/C24H34O2/c1-23-13-4-3-5-17(23)7-8-18-20-10-9-19(16-6-11-22(25)26-15-16)24(20,2)14-12-21(18)23/h6,11,15,17-21H,3-5,7-10,12-14H2,1-2H3/t17-,18-,19+,20-,21-,23-,24+/m0/s1. The third kappa shape index (κ3) is 2.33. The Labute approximate surface area is 157 Å². The van der Waals surface area contributed by atoms with Crippen molar-refractivity contribution >= 4 is 0 Å². The van der Waals surface area contributed by atoms with Crippen molar-refractivity contribution in [3.8, 4) is 0 Å². The first-order valence-corrected chi connectivity index (χ1v) is 11.1. The van der Waals surface area contributed by atoms with E-state index in [9.17, 15) is 4.79 Å². The minimum atomic E-state index is -0.222. The second kappa shape index (κ2) is 5.97. The summed E-state index contributed by atoms with van der Waals surface area (Å²) in [4.78, 5) is 11.4. The normalized spacial score (nSPS) is 47.7. The van der Waals surface area contributed by atoms with Gasteiger partial charge in [-0.2, -0.15) is 0 Å². The molecule has 2 nitrogen and oxygen atoms in total.